The molecule has 0 fully saturated rings. The van der Waals surface area contributed by atoms with Crippen LogP contribution >= 0.6 is 0 Å². The average Bonchev–Trinajstić information content (AvgIpc) is 2.40. The maximum atomic E-state index is 9.04. The summed E-state index contributed by atoms with van der Waals surface area (Å²) in [5.41, 5.74) is 1.89. The molecule has 0 spiro atoms. The van der Waals surface area contributed by atoms with E-state index in [1.54, 1.807) is 18.5 Å². The maximum Gasteiger partial charge on any atom is 0.155 e. The first kappa shape index (κ1) is 11.1. The standard InChI is InChI=1S/C13H11N3O/c1-2-17-13-9-16-12(7-10(13)8-14)11-5-3-4-6-15-11/h3-7,9H,2H2,1H3. The highest BCUT2D eigenvalue weighted by atomic mass is 16.5. The van der Waals surface area contributed by atoms with Crippen molar-refractivity contribution in [2.75, 3.05) is 6.61 Å². The van der Waals surface area contributed by atoms with Crippen molar-refractivity contribution in [2.45, 2.75) is 6.92 Å². The molecular weight excluding hydrogens is 214 g/mol. The zero-order valence-corrected chi connectivity index (χ0v) is 9.42. The lowest BCUT2D eigenvalue weighted by Crippen LogP contribution is -1.97. The Hall–Kier alpha value is -2.41. The zero-order chi connectivity index (χ0) is 12.1. The van der Waals surface area contributed by atoms with Crippen molar-refractivity contribution in [3.8, 4) is 23.2 Å². The fourth-order valence-corrected chi connectivity index (χ4v) is 1.46. The van der Waals surface area contributed by atoms with Crippen molar-refractivity contribution in [3.05, 3.63) is 42.2 Å². The minimum Gasteiger partial charge on any atom is -0.491 e. The van der Waals surface area contributed by atoms with E-state index in [4.69, 9.17) is 10.00 Å². The molecule has 2 heterocycles. The predicted molar refractivity (Wildman–Crippen MR) is 63.4 cm³/mol. The highest BCUT2D eigenvalue weighted by Gasteiger charge is 2.07. The number of ether oxygens (including phenoxy) is 1. The van der Waals surface area contributed by atoms with Gasteiger partial charge in [-0.3, -0.25) is 9.97 Å². The summed E-state index contributed by atoms with van der Waals surface area (Å²) in [6.45, 7) is 2.38. The molecule has 0 aromatic carbocycles. The Morgan fingerprint density at radius 2 is 2.18 bits per heavy atom. The molecule has 4 heteroatoms. The smallest absolute Gasteiger partial charge is 0.155 e. The molecule has 0 saturated heterocycles. The van der Waals surface area contributed by atoms with Crippen LogP contribution in [0.3, 0.4) is 0 Å². The molecular formula is C13H11N3O. The number of hydrogen-bond donors (Lipinski definition) is 0. The van der Waals surface area contributed by atoms with Crippen LogP contribution in [-0.4, -0.2) is 16.6 Å². The number of nitrogens with zero attached hydrogens (tertiary/aromatic N) is 3. The van der Waals surface area contributed by atoms with Gasteiger partial charge < -0.3 is 4.74 Å². The molecule has 84 valence electrons. The van der Waals surface area contributed by atoms with E-state index in [1.807, 2.05) is 25.1 Å². The summed E-state index contributed by atoms with van der Waals surface area (Å²) in [6.07, 6.45) is 3.26. The molecule has 2 aromatic rings. The first-order valence-electron chi connectivity index (χ1n) is 5.29. The molecule has 2 rings (SSSR count). The van der Waals surface area contributed by atoms with Crippen LogP contribution in [0.5, 0.6) is 5.75 Å². The van der Waals surface area contributed by atoms with E-state index >= 15 is 0 Å². The molecule has 0 N–H and O–H groups in total. The van der Waals surface area contributed by atoms with Gasteiger partial charge in [0.05, 0.1) is 29.8 Å². The second-order valence-corrected chi connectivity index (χ2v) is 3.33. The Morgan fingerprint density at radius 1 is 1.29 bits per heavy atom. The van der Waals surface area contributed by atoms with E-state index < -0.39 is 0 Å². The SMILES string of the molecule is CCOc1cnc(-c2ccccn2)cc1C#N. The van der Waals surface area contributed by atoms with Gasteiger partial charge >= 0.3 is 0 Å². The molecule has 0 unspecified atom stereocenters. The van der Waals surface area contributed by atoms with Crippen LogP contribution < -0.4 is 4.74 Å². The van der Waals surface area contributed by atoms with Crippen molar-refractivity contribution < 1.29 is 4.74 Å². The van der Waals surface area contributed by atoms with Gasteiger partial charge in [-0.15, -0.1) is 0 Å². The molecule has 0 bridgehead atoms. The van der Waals surface area contributed by atoms with Gasteiger partial charge in [-0.1, -0.05) is 6.07 Å². The Balaban J connectivity index is 2.43. The van der Waals surface area contributed by atoms with Crippen molar-refractivity contribution in [1.29, 1.82) is 5.26 Å². The van der Waals surface area contributed by atoms with Crippen LogP contribution in [0.15, 0.2) is 36.7 Å². The summed E-state index contributed by atoms with van der Waals surface area (Å²) < 4.78 is 5.31. The van der Waals surface area contributed by atoms with Crippen molar-refractivity contribution in [3.63, 3.8) is 0 Å². The minimum absolute atomic E-state index is 0.475. The molecule has 2 aromatic heterocycles. The predicted octanol–water partition coefficient (Wildman–Crippen LogP) is 2.41. The third kappa shape index (κ3) is 2.40. The summed E-state index contributed by atoms with van der Waals surface area (Å²) in [4.78, 5) is 8.42. The number of pyridine rings is 2. The van der Waals surface area contributed by atoms with E-state index in [2.05, 4.69) is 16.0 Å². The van der Waals surface area contributed by atoms with Gasteiger partial charge in [-0.2, -0.15) is 5.26 Å². The highest BCUT2D eigenvalue weighted by molar-refractivity contribution is 5.58. The van der Waals surface area contributed by atoms with Gasteiger partial charge in [0, 0.05) is 6.20 Å². The first-order valence-corrected chi connectivity index (χ1v) is 5.29. The number of hydrogen-bond acceptors (Lipinski definition) is 4. The average molecular weight is 225 g/mol. The third-order valence-corrected chi connectivity index (χ3v) is 2.22. The van der Waals surface area contributed by atoms with Crippen molar-refractivity contribution >= 4 is 0 Å². The van der Waals surface area contributed by atoms with Crippen molar-refractivity contribution in [2.24, 2.45) is 0 Å². The summed E-state index contributed by atoms with van der Waals surface area (Å²) >= 11 is 0. The van der Waals surface area contributed by atoms with Crippen LogP contribution in [0.1, 0.15) is 12.5 Å². The van der Waals surface area contributed by atoms with Gasteiger partial charge in [0.1, 0.15) is 6.07 Å². The molecule has 0 saturated carbocycles. The monoisotopic (exact) mass is 225 g/mol. The van der Waals surface area contributed by atoms with Crippen LogP contribution in [0.4, 0.5) is 0 Å². The second-order valence-electron chi connectivity index (χ2n) is 3.33. The largest absolute Gasteiger partial charge is 0.491 e. The van der Waals surface area contributed by atoms with Crippen LogP contribution in [0.25, 0.3) is 11.4 Å². The van der Waals surface area contributed by atoms with Crippen LogP contribution in [0, 0.1) is 11.3 Å². The fraction of sp³-hybridized carbons (Fsp3) is 0.154. The number of rotatable bonds is 3. The minimum atomic E-state index is 0.475. The molecule has 17 heavy (non-hydrogen) atoms. The summed E-state index contributed by atoms with van der Waals surface area (Å²) in [7, 11) is 0. The number of nitriles is 1. The van der Waals surface area contributed by atoms with Gasteiger partial charge in [0.25, 0.3) is 0 Å². The van der Waals surface area contributed by atoms with Crippen LogP contribution in [0.2, 0.25) is 0 Å². The quantitative estimate of drug-likeness (QED) is 0.804. The summed E-state index contributed by atoms with van der Waals surface area (Å²) in [5.74, 6) is 0.509. The summed E-state index contributed by atoms with van der Waals surface area (Å²) in [5, 5.41) is 9.04. The van der Waals surface area contributed by atoms with Gasteiger partial charge in [0.15, 0.2) is 5.75 Å². The second kappa shape index (κ2) is 5.08. The molecule has 4 nitrogen and oxygen atoms in total. The molecule has 0 radical (unpaired) electrons. The van der Waals surface area contributed by atoms with E-state index in [-0.39, 0.29) is 0 Å². The van der Waals surface area contributed by atoms with Crippen LogP contribution in [-0.2, 0) is 0 Å². The summed E-state index contributed by atoms with van der Waals surface area (Å²) in [6, 6.07) is 9.35. The topological polar surface area (TPSA) is 58.8 Å². The van der Waals surface area contributed by atoms with Gasteiger partial charge in [-0.05, 0) is 25.1 Å². The van der Waals surface area contributed by atoms with Gasteiger partial charge in [-0.25, -0.2) is 0 Å². The fourth-order valence-electron chi connectivity index (χ4n) is 1.46. The van der Waals surface area contributed by atoms with E-state index in [0.717, 1.165) is 5.69 Å². The first-order chi connectivity index (χ1) is 8.35. The zero-order valence-electron chi connectivity index (χ0n) is 9.42. The van der Waals surface area contributed by atoms with E-state index in [0.29, 0.717) is 23.6 Å². The Kier molecular flexibility index (Phi) is 3.31. The normalized spacial score (nSPS) is 9.65. The van der Waals surface area contributed by atoms with Gasteiger partial charge in [0.2, 0.25) is 0 Å². The maximum absolute atomic E-state index is 9.04. The Labute approximate surface area is 99.5 Å². The third-order valence-electron chi connectivity index (χ3n) is 2.22. The molecule has 0 amide bonds. The molecule has 0 aliphatic heterocycles. The Morgan fingerprint density at radius 3 is 2.82 bits per heavy atom. The highest BCUT2D eigenvalue weighted by Crippen LogP contribution is 2.22. The molecule has 0 aliphatic rings. The number of aromatic nitrogens is 2. The van der Waals surface area contributed by atoms with Crippen molar-refractivity contribution in [1.82, 2.24) is 9.97 Å². The lowest BCUT2D eigenvalue weighted by atomic mass is 10.2. The Bertz CT molecular complexity index is 546. The van der Waals surface area contributed by atoms with E-state index in [9.17, 15) is 0 Å². The lowest BCUT2D eigenvalue weighted by Gasteiger charge is -2.06. The lowest BCUT2D eigenvalue weighted by molar-refractivity contribution is 0.338. The van der Waals surface area contributed by atoms with E-state index in [1.165, 1.54) is 0 Å². The molecule has 0 atom stereocenters. The molecule has 0 aliphatic carbocycles.